The average molecular weight is 328 g/mol. The molecule has 0 aliphatic carbocycles. The molecule has 2 aromatic rings. The standard InChI is InChI=1S/C19H24N2O3/c1-13(2)19(23)21(12-16-7-5-9-24-16)11-15-10-14-6-3-4-8-17(14)20-18(15)22/h3-4,6,8,10,13,16H,5,7,9,11-12H2,1-2H3,(H,20,22). The Morgan fingerprint density at radius 2 is 2.17 bits per heavy atom. The van der Waals surface area contributed by atoms with Gasteiger partial charge in [-0.2, -0.15) is 0 Å². The van der Waals surface area contributed by atoms with Crippen LogP contribution >= 0.6 is 0 Å². The van der Waals surface area contributed by atoms with Crippen LogP contribution in [0.25, 0.3) is 10.9 Å². The van der Waals surface area contributed by atoms with Crippen LogP contribution in [-0.4, -0.2) is 35.0 Å². The lowest BCUT2D eigenvalue weighted by atomic mass is 10.1. The quantitative estimate of drug-likeness (QED) is 0.918. The number of hydrogen-bond donors (Lipinski definition) is 1. The molecule has 5 heteroatoms. The maximum Gasteiger partial charge on any atom is 0.253 e. The number of carbonyl (C=O) groups is 1. The fourth-order valence-electron chi connectivity index (χ4n) is 3.15. The number of pyridine rings is 1. The van der Waals surface area contributed by atoms with E-state index in [1.165, 1.54) is 0 Å². The van der Waals surface area contributed by atoms with E-state index in [1.807, 2.05) is 44.2 Å². The first-order valence-electron chi connectivity index (χ1n) is 8.56. The van der Waals surface area contributed by atoms with Crippen molar-refractivity contribution < 1.29 is 9.53 Å². The van der Waals surface area contributed by atoms with Gasteiger partial charge in [-0.3, -0.25) is 9.59 Å². The van der Waals surface area contributed by atoms with Gasteiger partial charge in [-0.1, -0.05) is 32.0 Å². The smallest absolute Gasteiger partial charge is 0.253 e. The molecule has 0 bridgehead atoms. The van der Waals surface area contributed by atoms with E-state index >= 15 is 0 Å². The summed E-state index contributed by atoms with van der Waals surface area (Å²) in [6.45, 7) is 5.39. The van der Waals surface area contributed by atoms with Gasteiger partial charge in [0.15, 0.2) is 0 Å². The lowest BCUT2D eigenvalue weighted by molar-refractivity contribution is -0.136. The lowest BCUT2D eigenvalue weighted by Gasteiger charge is -2.27. The van der Waals surface area contributed by atoms with Gasteiger partial charge in [-0.25, -0.2) is 0 Å². The number of H-pyrrole nitrogens is 1. The maximum absolute atomic E-state index is 12.6. The molecule has 1 amide bonds. The largest absolute Gasteiger partial charge is 0.376 e. The molecule has 128 valence electrons. The van der Waals surface area contributed by atoms with E-state index in [0.29, 0.717) is 18.7 Å². The number of aromatic amines is 1. The van der Waals surface area contributed by atoms with Crippen molar-refractivity contribution in [2.24, 2.45) is 5.92 Å². The Kier molecular flexibility index (Phi) is 5.00. The van der Waals surface area contributed by atoms with Gasteiger partial charge in [0, 0.05) is 30.1 Å². The Bertz CT molecular complexity index is 776. The molecule has 1 saturated heterocycles. The van der Waals surface area contributed by atoms with Crippen molar-refractivity contribution in [1.29, 1.82) is 0 Å². The summed E-state index contributed by atoms with van der Waals surface area (Å²) in [6, 6.07) is 9.55. The second-order valence-electron chi connectivity index (χ2n) is 6.72. The Morgan fingerprint density at radius 1 is 1.38 bits per heavy atom. The molecule has 5 nitrogen and oxygen atoms in total. The second kappa shape index (κ2) is 7.18. The molecule has 0 saturated carbocycles. The molecule has 1 atom stereocenters. The number of hydrogen-bond acceptors (Lipinski definition) is 3. The molecule has 2 heterocycles. The molecule has 1 aliphatic rings. The molecular formula is C19H24N2O3. The van der Waals surface area contributed by atoms with Gasteiger partial charge in [0.1, 0.15) is 0 Å². The second-order valence-corrected chi connectivity index (χ2v) is 6.72. The Labute approximate surface area is 141 Å². The molecule has 1 unspecified atom stereocenters. The first-order valence-corrected chi connectivity index (χ1v) is 8.56. The molecule has 3 rings (SSSR count). The predicted molar refractivity (Wildman–Crippen MR) is 93.8 cm³/mol. The summed E-state index contributed by atoms with van der Waals surface area (Å²) in [5.74, 6) is -0.0519. The third-order valence-corrected chi connectivity index (χ3v) is 4.45. The maximum atomic E-state index is 12.6. The minimum Gasteiger partial charge on any atom is -0.376 e. The highest BCUT2D eigenvalue weighted by atomic mass is 16.5. The van der Waals surface area contributed by atoms with E-state index in [4.69, 9.17) is 4.74 Å². The summed E-state index contributed by atoms with van der Waals surface area (Å²) >= 11 is 0. The highest BCUT2D eigenvalue weighted by Crippen LogP contribution is 2.17. The fourth-order valence-corrected chi connectivity index (χ4v) is 3.15. The topological polar surface area (TPSA) is 62.4 Å². The average Bonchev–Trinajstić information content (AvgIpc) is 3.07. The van der Waals surface area contributed by atoms with Gasteiger partial charge in [0.05, 0.1) is 12.6 Å². The van der Waals surface area contributed by atoms with Crippen LogP contribution in [0.5, 0.6) is 0 Å². The van der Waals surface area contributed by atoms with Crippen molar-refractivity contribution >= 4 is 16.8 Å². The normalized spacial score (nSPS) is 17.5. The molecule has 1 N–H and O–H groups in total. The van der Waals surface area contributed by atoms with E-state index in [2.05, 4.69) is 4.98 Å². The predicted octanol–water partition coefficient (Wildman–Crippen LogP) is 2.69. The zero-order chi connectivity index (χ0) is 17.1. The Hall–Kier alpha value is -2.14. The van der Waals surface area contributed by atoms with Gasteiger partial charge in [-0.15, -0.1) is 0 Å². The van der Waals surface area contributed by atoms with Crippen molar-refractivity contribution in [3.8, 4) is 0 Å². The monoisotopic (exact) mass is 328 g/mol. The van der Waals surface area contributed by atoms with E-state index in [1.54, 1.807) is 4.90 Å². The molecule has 1 aliphatic heterocycles. The van der Waals surface area contributed by atoms with Crippen LogP contribution in [0.3, 0.4) is 0 Å². The van der Waals surface area contributed by atoms with Gasteiger partial charge in [0.25, 0.3) is 5.56 Å². The van der Waals surface area contributed by atoms with E-state index in [9.17, 15) is 9.59 Å². The zero-order valence-corrected chi connectivity index (χ0v) is 14.2. The summed E-state index contributed by atoms with van der Waals surface area (Å²) in [5.41, 5.74) is 1.29. The molecule has 0 radical (unpaired) electrons. The van der Waals surface area contributed by atoms with Crippen LogP contribution in [0.2, 0.25) is 0 Å². The number of nitrogens with one attached hydrogen (secondary N) is 1. The van der Waals surface area contributed by atoms with Crippen molar-refractivity contribution in [2.45, 2.75) is 39.3 Å². The van der Waals surface area contributed by atoms with Gasteiger partial charge < -0.3 is 14.6 Å². The fraction of sp³-hybridized carbons (Fsp3) is 0.474. The van der Waals surface area contributed by atoms with Gasteiger partial charge in [-0.05, 0) is 30.4 Å². The van der Waals surface area contributed by atoms with Gasteiger partial charge in [0.2, 0.25) is 5.91 Å². The highest BCUT2D eigenvalue weighted by Gasteiger charge is 2.25. The molecule has 1 aromatic carbocycles. The molecular weight excluding hydrogens is 304 g/mol. The molecule has 1 aromatic heterocycles. The Balaban J connectivity index is 1.87. The van der Waals surface area contributed by atoms with Crippen LogP contribution in [0.4, 0.5) is 0 Å². The van der Waals surface area contributed by atoms with E-state index in [0.717, 1.165) is 30.4 Å². The van der Waals surface area contributed by atoms with Gasteiger partial charge >= 0.3 is 0 Å². The van der Waals surface area contributed by atoms with Crippen LogP contribution in [0, 0.1) is 5.92 Å². The number of amides is 1. The van der Waals surface area contributed by atoms with Crippen LogP contribution in [0.15, 0.2) is 35.1 Å². The number of rotatable bonds is 5. The number of carbonyl (C=O) groups excluding carboxylic acids is 1. The molecule has 1 fully saturated rings. The number of fused-ring (bicyclic) bond motifs is 1. The van der Waals surface area contributed by atoms with Crippen molar-refractivity contribution in [3.63, 3.8) is 0 Å². The summed E-state index contributed by atoms with van der Waals surface area (Å²) in [7, 11) is 0. The molecule has 24 heavy (non-hydrogen) atoms. The Morgan fingerprint density at radius 3 is 2.88 bits per heavy atom. The number of benzene rings is 1. The molecule has 0 spiro atoms. The van der Waals surface area contributed by atoms with E-state index in [-0.39, 0.29) is 23.5 Å². The number of aromatic nitrogens is 1. The van der Waals surface area contributed by atoms with E-state index < -0.39 is 0 Å². The van der Waals surface area contributed by atoms with Crippen LogP contribution < -0.4 is 5.56 Å². The first-order chi connectivity index (χ1) is 11.5. The van der Waals surface area contributed by atoms with Crippen LogP contribution in [-0.2, 0) is 16.1 Å². The number of ether oxygens (including phenoxy) is 1. The summed E-state index contributed by atoms with van der Waals surface area (Å²) < 4.78 is 5.67. The first kappa shape index (κ1) is 16.7. The third-order valence-electron chi connectivity index (χ3n) is 4.45. The summed E-state index contributed by atoms with van der Waals surface area (Å²) in [4.78, 5) is 29.6. The van der Waals surface area contributed by atoms with Crippen LogP contribution in [0.1, 0.15) is 32.3 Å². The lowest BCUT2D eigenvalue weighted by Crippen LogP contribution is -2.40. The third kappa shape index (κ3) is 3.67. The zero-order valence-electron chi connectivity index (χ0n) is 14.2. The SMILES string of the molecule is CC(C)C(=O)N(Cc1cc2ccccc2[nH]c1=O)CC1CCCO1. The number of para-hydroxylation sites is 1. The summed E-state index contributed by atoms with van der Waals surface area (Å²) in [5, 5.41) is 0.973. The highest BCUT2D eigenvalue weighted by molar-refractivity contribution is 5.80. The summed E-state index contributed by atoms with van der Waals surface area (Å²) in [6.07, 6.45) is 2.08. The minimum atomic E-state index is -0.136. The number of nitrogens with zero attached hydrogens (tertiary/aromatic N) is 1. The van der Waals surface area contributed by atoms with Crippen molar-refractivity contribution in [1.82, 2.24) is 9.88 Å². The van der Waals surface area contributed by atoms with Crippen molar-refractivity contribution in [3.05, 3.63) is 46.2 Å². The van der Waals surface area contributed by atoms with Crippen molar-refractivity contribution in [2.75, 3.05) is 13.2 Å². The minimum absolute atomic E-state index is 0.0538.